The Morgan fingerprint density at radius 2 is 2.12 bits per heavy atom. The number of nitrogens with zero attached hydrogens (tertiary/aromatic N) is 2. The van der Waals surface area contributed by atoms with Gasteiger partial charge in [0.05, 0.1) is 5.69 Å². The molecule has 4 heteroatoms. The van der Waals surface area contributed by atoms with Crippen LogP contribution in [-0.2, 0) is 10.3 Å². The summed E-state index contributed by atoms with van der Waals surface area (Å²) in [7, 11) is 0. The highest BCUT2D eigenvalue weighted by Crippen LogP contribution is 2.32. The minimum absolute atomic E-state index is 0.0949. The van der Waals surface area contributed by atoms with Crippen molar-refractivity contribution in [3.8, 4) is 0 Å². The van der Waals surface area contributed by atoms with Gasteiger partial charge in [-0.3, -0.25) is 4.84 Å². The summed E-state index contributed by atoms with van der Waals surface area (Å²) in [6, 6.07) is 0. The van der Waals surface area contributed by atoms with Crippen molar-refractivity contribution in [3.05, 3.63) is 22.8 Å². The zero-order valence-corrected chi connectivity index (χ0v) is 11.3. The average molecular weight is 238 g/mol. The third-order valence-electron chi connectivity index (χ3n) is 2.50. The lowest BCUT2D eigenvalue weighted by Gasteiger charge is -2.17. The van der Waals surface area contributed by atoms with Crippen LogP contribution < -0.4 is 5.06 Å². The van der Waals surface area contributed by atoms with Gasteiger partial charge in [0.25, 0.3) is 0 Å². The quantitative estimate of drug-likeness (QED) is 0.749. The molecule has 0 amide bonds. The molecule has 0 saturated heterocycles. The first-order valence-corrected chi connectivity index (χ1v) is 6.37. The summed E-state index contributed by atoms with van der Waals surface area (Å²) in [6.45, 7) is 10.6. The number of thiazole rings is 1. The Balaban J connectivity index is 2.24. The van der Waals surface area contributed by atoms with Crippen LogP contribution in [0.2, 0.25) is 0 Å². The van der Waals surface area contributed by atoms with Gasteiger partial charge in [-0.15, -0.1) is 11.3 Å². The van der Waals surface area contributed by atoms with Crippen molar-refractivity contribution < 1.29 is 4.84 Å². The Hall–Kier alpha value is -0.870. The summed E-state index contributed by atoms with van der Waals surface area (Å²) in [6.07, 6.45) is 2.24. The van der Waals surface area contributed by atoms with Crippen LogP contribution in [0, 0.1) is 0 Å². The standard InChI is InChI=1S/C12H18N2OS/c1-8-6-9(2)15-14(8)11-13-10(7-16-11)12(3,4)5/h6-7,9H,1-5H3. The molecular formula is C12H18N2OS. The van der Waals surface area contributed by atoms with Gasteiger partial charge in [0.15, 0.2) is 0 Å². The fourth-order valence-corrected chi connectivity index (χ4v) is 2.64. The third-order valence-corrected chi connectivity index (χ3v) is 3.31. The number of allylic oxidation sites excluding steroid dienone is 1. The zero-order valence-electron chi connectivity index (χ0n) is 10.4. The topological polar surface area (TPSA) is 25.4 Å². The highest BCUT2D eigenvalue weighted by Gasteiger charge is 2.25. The zero-order chi connectivity index (χ0) is 11.9. The van der Waals surface area contributed by atoms with Crippen molar-refractivity contribution in [2.75, 3.05) is 5.06 Å². The van der Waals surface area contributed by atoms with Crippen LogP contribution in [0.3, 0.4) is 0 Å². The maximum absolute atomic E-state index is 5.67. The second-order valence-electron chi connectivity index (χ2n) is 5.18. The fraction of sp³-hybridized carbons (Fsp3) is 0.583. The normalized spacial score (nSPS) is 21.4. The maximum Gasteiger partial charge on any atom is 0.214 e. The van der Waals surface area contributed by atoms with Crippen LogP contribution >= 0.6 is 11.3 Å². The molecule has 1 aliphatic heterocycles. The average Bonchev–Trinajstić information content (AvgIpc) is 2.70. The van der Waals surface area contributed by atoms with Crippen molar-refractivity contribution in [1.82, 2.24) is 4.98 Å². The molecule has 1 atom stereocenters. The van der Waals surface area contributed by atoms with Crippen LogP contribution in [0.15, 0.2) is 17.2 Å². The van der Waals surface area contributed by atoms with Gasteiger partial charge in [-0.05, 0) is 19.9 Å². The maximum atomic E-state index is 5.67. The molecule has 1 aromatic rings. The monoisotopic (exact) mass is 238 g/mol. The minimum Gasteiger partial charge on any atom is -0.259 e. The fourth-order valence-electron chi connectivity index (χ4n) is 1.59. The van der Waals surface area contributed by atoms with Gasteiger partial charge in [0, 0.05) is 16.5 Å². The van der Waals surface area contributed by atoms with E-state index in [-0.39, 0.29) is 11.5 Å². The Labute approximate surface area is 101 Å². The Bertz CT molecular complexity index is 417. The van der Waals surface area contributed by atoms with Gasteiger partial charge in [0.1, 0.15) is 6.10 Å². The van der Waals surface area contributed by atoms with E-state index < -0.39 is 0 Å². The van der Waals surface area contributed by atoms with E-state index in [1.54, 1.807) is 11.3 Å². The summed E-state index contributed by atoms with van der Waals surface area (Å²) < 4.78 is 0. The van der Waals surface area contributed by atoms with Crippen LogP contribution in [0.25, 0.3) is 0 Å². The molecule has 0 N–H and O–H groups in total. The van der Waals surface area contributed by atoms with Gasteiger partial charge >= 0.3 is 0 Å². The Kier molecular flexibility index (Phi) is 2.80. The molecule has 0 spiro atoms. The molecule has 2 rings (SSSR count). The van der Waals surface area contributed by atoms with E-state index in [4.69, 9.17) is 4.84 Å². The molecule has 88 valence electrons. The highest BCUT2D eigenvalue weighted by molar-refractivity contribution is 7.13. The van der Waals surface area contributed by atoms with Crippen molar-refractivity contribution in [2.45, 2.75) is 46.1 Å². The summed E-state index contributed by atoms with van der Waals surface area (Å²) >= 11 is 1.63. The molecule has 1 aromatic heterocycles. The molecule has 3 nitrogen and oxygen atoms in total. The van der Waals surface area contributed by atoms with E-state index >= 15 is 0 Å². The molecule has 0 aliphatic carbocycles. The number of hydrogen-bond acceptors (Lipinski definition) is 4. The summed E-state index contributed by atoms with van der Waals surface area (Å²) in [5, 5.41) is 4.85. The van der Waals surface area contributed by atoms with Crippen molar-refractivity contribution in [2.24, 2.45) is 0 Å². The molecular weight excluding hydrogens is 220 g/mol. The minimum atomic E-state index is 0.0949. The van der Waals surface area contributed by atoms with Crippen LogP contribution in [-0.4, -0.2) is 11.1 Å². The summed E-state index contributed by atoms with van der Waals surface area (Å²) in [5.41, 5.74) is 2.32. The SMILES string of the molecule is CC1=CC(C)ON1c1nc(C(C)(C)C)cs1. The number of hydroxylamine groups is 1. The van der Waals surface area contributed by atoms with Crippen molar-refractivity contribution in [3.63, 3.8) is 0 Å². The Morgan fingerprint density at radius 1 is 1.44 bits per heavy atom. The van der Waals surface area contributed by atoms with Crippen LogP contribution in [0.1, 0.15) is 40.3 Å². The Morgan fingerprint density at radius 3 is 2.56 bits per heavy atom. The van der Waals surface area contributed by atoms with Crippen molar-refractivity contribution in [1.29, 1.82) is 0 Å². The molecule has 16 heavy (non-hydrogen) atoms. The van der Waals surface area contributed by atoms with Gasteiger partial charge in [-0.1, -0.05) is 20.8 Å². The van der Waals surface area contributed by atoms with Crippen LogP contribution in [0.4, 0.5) is 5.13 Å². The lowest BCUT2D eigenvalue weighted by molar-refractivity contribution is 0.111. The van der Waals surface area contributed by atoms with E-state index in [0.29, 0.717) is 0 Å². The van der Waals surface area contributed by atoms with E-state index in [9.17, 15) is 0 Å². The lowest BCUT2D eigenvalue weighted by Crippen LogP contribution is -2.19. The summed E-state index contributed by atoms with van der Waals surface area (Å²) in [4.78, 5) is 10.3. The number of hydrogen-bond donors (Lipinski definition) is 0. The first-order chi connectivity index (χ1) is 7.38. The van der Waals surface area contributed by atoms with Gasteiger partial charge in [-0.2, -0.15) is 5.06 Å². The molecule has 1 unspecified atom stereocenters. The smallest absolute Gasteiger partial charge is 0.214 e. The predicted octanol–water partition coefficient (Wildman–Crippen LogP) is 3.48. The molecule has 1 aliphatic rings. The molecule has 2 heterocycles. The van der Waals surface area contributed by atoms with E-state index in [1.165, 1.54) is 0 Å². The van der Waals surface area contributed by atoms with Crippen molar-refractivity contribution >= 4 is 16.5 Å². The molecule has 0 saturated carbocycles. The summed E-state index contributed by atoms with van der Waals surface area (Å²) in [5.74, 6) is 0. The largest absolute Gasteiger partial charge is 0.259 e. The first-order valence-electron chi connectivity index (χ1n) is 5.49. The van der Waals surface area contributed by atoms with Crippen LogP contribution in [0.5, 0.6) is 0 Å². The van der Waals surface area contributed by atoms with Gasteiger partial charge < -0.3 is 0 Å². The second-order valence-corrected chi connectivity index (χ2v) is 6.01. The van der Waals surface area contributed by atoms with Gasteiger partial charge in [0.2, 0.25) is 5.13 Å². The molecule has 0 radical (unpaired) electrons. The predicted molar refractivity (Wildman–Crippen MR) is 67.6 cm³/mol. The van der Waals surface area contributed by atoms with Gasteiger partial charge in [-0.25, -0.2) is 4.98 Å². The first kappa shape index (κ1) is 11.6. The number of anilines is 1. The highest BCUT2D eigenvalue weighted by atomic mass is 32.1. The molecule has 0 bridgehead atoms. The number of rotatable bonds is 1. The number of aromatic nitrogens is 1. The lowest BCUT2D eigenvalue weighted by atomic mass is 9.93. The van der Waals surface area contributed by atoms with E-state index in [2.05, 4.69) is 37.2 Å². The third kappa shape index (κ3) is 2.13. The molecule has 0 fully saturated rings. The van der Waals surface area contributed by atoms with E-state index in [1.807, 2.05) is 18.9 Å². The second kappa shape index (κ2) is 3.86. The molecule has 0 aromatic carbocycles. The van der Waals surface area contributed by atoms with E-state index in [0.717, 1.165) is 16.5 Å².